The maximum atomic E-state index is 11.8. The van der Waals surface area contributed by atoms with Gasteiger partial charge in [-0.15, -0.1) is 11.3 Å². The molecule has 0 unspecified atom stereocenters. The largest absolute Gasteiger partial charge is 0.469 e. The smallest absolute Gasteiger partial charge is 0.310 e. The van der Waals surface area contributed by atoms with Gasteiger partial charge >= 0.3 is 5.97 Å². The van der Waals surface area contributed by atoms with Gasteiger partial charge in [0, 0.05) is 10.8 Å². The van der Waals surface area contributed by atoms with Crippen molar-refractivity contribution in [2.24, 2.45) is 5.92 Å². The fourth-order valence-corrected chi connectivity index (χ4v) is 2.96. The van der Waals surface area contributed by atoms with Crippen LogP contribution in [0.1, 0.15) is 32.6 Å². The van der Waals surface area contributed by atoms with E-state index in [0.29, 0.717) is 4.88 Å². The van der Waals surface area contributed by atoms with Gasteiger partial charge in [-0.1, -0.05) is 0 Å². The highest BCUT2D eigenvalue weighted by molar-refractivity contribution is 7.14. The summed E-state index contributed by atoms with van der Waals surface area (Å²) in [5.74, 6) is 0.294. The average Bonchev–Trinajstić information content (AvgIpc) is 2.87. The third-order valence-electron chi connectivity index (χ3n) is 3.36. The molecule has 2 aromatic rings. The van der Waals surface area contributed by atoms with Crippen molar-refractivity contribution in [3.63, 3.8) is 0 Å². The quantitative estimate of drug-likeness (QED) is 0.627. The first-order valence-corrected chi connectivity index (χ1v) is 7.26. The van der Waals surface area contributed by atoms with Crippen LogP contribution in [0.5, 0.6) is 0 Å². The van der Waals surface area contributed by atoms with Gasteiger partial charge in [0.15, 0.2) is 6.61 Å². The third kappa shape index (κ3) is 2.67. The minimum Gasteiger partial charge on any atom is -0.469 e. The van der Waals surface area contributed by atoms with Crippen LogP contribution < -0.4 is 0 Å². The number of rotatable bonds is 5. The van der Waals surface area contributed by atoms with Crippen LogP contribution in [0.4, 0.5) is 0 Å². The minimum atomic E-state index is -0.312. The number of carbonyl (C=O) groups is 2. The molecule has 0 radical (unpaired) electrons. The molecule has 1 aliphatic rings. The van der Waals surface area contributed by atoms with Crippen LogP contribution in [0, 0.1) is 12.8 Å². The van der Waals surface area contributed by atoms with Crippen molar-refractivity contribution in [2.75, 3.05) is 6.61 Å². The van der Waals surface area contributed by atoms with Crippen LogP contribution in [0.3, 0.4) is 0 Å². The number of ether oxygens (including phenoxy) is 1. The van der Waals surface area contributed by atoms with E-state index in [1.54, 1.807) is 18.4 Å². The number of esters is 1. The molecule has 2 atom stereocenters. The number of hydrogen-bond donors (Lipinski definition) is 0. The second-order valence-electron chi connectivity index (χ2n) is 4.91. The van der Waals surface area contributed by atoms with E-state index < -0.39 is 0 Å². The van der Waals surface area contributed by atoms with Gasteiger partial charge < -0.3 is 9.15 Å². The molecule has 0 bridgehead atoms. The third-order valence-corrected chi connectivity index (χ3v) is 4.40. The lowest BCUT2D eigenvalue weighted by atomic mass is 10.2. The number of carbonyl (C=O) groups excluding carboxylic acids is 2. The van der Waals surface area contributed by atoms with Gasteiger partial charge in [-0.3, -0.25) is 9.59 Å². The molecule has 3 rings (SSSR count). The summed E-state index contributed by atoms with van der Waals surface area (Å²) in [4.78, 5) is 25.4. The molecule has 0 aliphatic heterocycles. The maximum Gasteiger partial charge on any atom is 0.310 e. The predicted molar refractivity (Wildman–Crippen MR) is 73.9 cm³/mol. The Morgan fingerprint density at radius 2 is 2.25 bits per heavy atom. The van der Waals surface area contributed by atoms with Gasteiger partial charge in [-0.05, 0) is 37.6 Å². The molecular weight excluding hydrogens is 276 g/mol. The molecule has 2 aromatic heterocycles. The molecule has 20 heavy (non-hydrogen) atoms. The first-order valence-electron chi connectivity index (χ1n) is 6.45. The standard InChI is InChI=1S/C15H14O4S/c1-9-4-5-14(20-9)12(16)8-19-15(17)11-7-10(11)13-3-2-6-18-13/h2-6,10-11H,7-8H2,1H3/t10-,11+/m1/s1. The van der Waals surface area contributed by atoms with Crippen molar-refractivity contribution < 1.29 is 18.7 Å². The van der Waals surface area contributed by atoms with Gasteiger partial charge in [-0.2, -0.15) is 0 Å². The van der Waals surface area contributed by atoms with E-state index in [1.807, 2.05) is 19.1 Å². The van der Waals surface area contributed by atoms with Gasteiger partial charge in [-0.25, -0.2) is 0 Å². The molecule has 0 N–H and O–H groups in total. The Labute approximate surface area is 120 Å². The second-order valence-corrected chi connectivity index (χ2v) is 6.19. The highest BCUT2D eigenvalue weighted by Gasteiger charge is 2.47. The van der Waals surface area contributed by atoms with Crippen molar-refractivity contribution in [1.29, 1.82) is 0 Å². The highest BCUT2D eigenvalue weighted by atomic mass is 32.1. The lowest BCUT2D eigenvalue weighted by Gasteiger charge is -2.02. The van der Waals surface area contributed by atoms with Crippen molar-refractivity contribution in [2.45, 2.75) is 19.3 Å². The van der Waals surface area contributed by atoms with E-state index in [9.17, 15) is 9.59 Å². The molecular formula is C15H14O4S. The highest BCUT2D eigenvalue weighted by Crippen LogP contribution is 2.48. The van der Waals surface area contributed by atoms with Crippen molar-refractivity contribution in [1.82, 2.24) is 0 Å². The van der Waals surface area contributed by atoms with E-state index in [0.717, 1.165) is 17.1 Å². The average molecular weight is 290 g/mol. The zero-order chi connectivity index (χ0) is 14.1. The lowest BCUT2D eigenvalue weighted by molar-refractivity contribution is -0.144. The molecule has 2 heterocycles. The molecule has 5 heteroatoms. The fraction of sp³-hybridized carbons (Fsp3) is 0.333. The Morgan fingerprint density at radius 1 is 1.40 bits per heavy atom. The Bertz CT molecular complexity index is 626. The zero-order valence-corrected chi connectivity index (χ0v) is 11.8. The number of hydrogen-bond acceptors (Lipinski definition) is 5. The predicted octanol–water partition coefficient (Wildman–Crippen LogP) is 3.18. The van der Waals surface area contributed by atoms with E-state index in [2.05, 4.69) is 0 Å². The molecule has 0 aromatic carbocycles. The minimum absolute atomic E-state index is 0.108. The fourth-order valence-electron chi connectivity index (χ4n) is 2.17. The number of ketones is 1. The van der Waals surface area contributed by atoms with E-state index in [-0.39, 0.29) is 30.2 Å². The van der Waals surface area contributed by atoms with Gasteiger partial charge in [0.1, 0.15) is 5.76 Å². The van der Waals surface area contributed by atoms with E-state index in [1.165, 1.54) is 11.3 Å². The van der Waals surface area contributed by atoms with Crippen LogP contribution in [0.25, 0.3) is 0 Å². The Kier molecular flexibility index (Phi) is 3.44. The number of furan rings is 1. The topological polar surface area (TPSA) is 56.5 Å². The summed E-state index contributed by atoms with van der Waals surface area (Å²) in [7, 11) is 0. The molecule has 1 aliphatic carbocycles. The summed E-state index contributed by atoms with van der Waals surface area (Å²) in [6, 6.07) is 7.31. The zero-order valence-electron chi connectivity index (χ0n) is 11.0. The second kappa shape index (κ2) is 5.25. The summed E-state index contributed by atoms with van der Waals surface area (Å²) < 4.78 is 10.4. The summed E-state index contributed by atoms with van der Waals surface area (Å²) in [6.07, 6.45) is 2.33. The molecule has 1 saturated carbocycles. The first kappa shape index (κ1) is 13.1. The van der Waals surface area contributed by atoms with Crippen molar-refractivity contribution >= 4 is 23.1 Å². The Hall–Kier alpha value is -1.88. The van der Waals surface area contributed by atoms with Crippen LogP contribution >= 0.6 is 11.3 Å². The van der Waals surface area contributed by atoms with Gasteiger partial charge in [0.25, 0.3) is 0 Å². The monoisotopic (exact) mass is 290 g/mol. The maximum absolute atomic E-state index is 11.8. The number of thiophene rings is 1. The summed E-state index contributed by atoms with van der Waals surface area (Å²) in [5, 5.41) is 0. The Balaban J connectivity index is 1.50. The van der Waals surface area contributed by atoms with Gasteiger partial charge in [0.2, 0.25) is 5.78 Å². The van der Waals surface area contributed by atoms with Crippen LogP contribution in [-0.4, -0.2) is 18.4 Å². The first-order chi connectivity index (χ1) is 9.65. The van der Waals surface area contributed by atoms with E-state index in [4.69, 9.17) is 9.15 Å². The SMILES string of the molecule is Cc1ccc(C(=O)COC(=O)[C@H]2C[C@H]2c2ccco2)s1. The lowest BCUT2D eigenvalue weighted by Crippen LogP contribution is -2.15. The van der Waals surface area contributed by atoms with Crippen LogP contribution in [0.15, 0.2) is 34.9 Å². The van der Waals surface area contributed by atoms with Crippen molar-refractivity contribution in [3.8, 4) is 0 Å². The van der Waals surface area contributed by atoms with Crippen LogP contribution in [0.2, 0.25) is 0 Å². The number of aryl methyl sites for hydroxylation is 1. The number of Topliss-reactive ketones (excluding diaryl/α,β-unsaturated/α-hetero) is 1. The summed E-state index contributed by atoms with van der Waals surface area (Å²) in [6.45, 7) is 1.76. The molecule has 4 nitrogen and oxygen atoms in total. The van der Waals surface area contributed by atoms with Gasteiger partial charge in [0.05, 0.1) is 17.1 Å². The molecule has 0 amide bonds. The molecule has 104 valence electrons. The summed E-state index contributed by atoms with van der Waals surface area (Å²) >= 11 is 1.41. The normalized spacial score (nSPS) is 20.6. The van der Waals surface area contributed by atoms with Crippen LogP contribution in [-0.2, 0) is 9.53 Å². The molecule has 0 spiro atoms. The summed E-state index contributed by atoms with van der Waals surface area (Å²) in [5.41, 5.74) is 0. The van der Waals surface area contributed by atoms with E-state index >= 15 is 0 Å². The molecule has 1 fully saturated rings. The molecule has 0 saturated heterocycles. The van der Waals surface area contributed by atoms with Crippen molar-refractivity contribution in [3.05, 3.63) is 46.0 Å². The Morgan fingerprint density at radius 3 is 2.90 bits per heavy atom.